The summed E-state index contributed by atoms with van der Waals surface area (Å²) < 4.78 is 2.11. The zero-order valence-electron chi connectivity index (χ0n) is 13.9. The molecule has 0 spiro atoms. The minimum Gasteiger partial charge on any atom is -0.349 e. The molecule has 0 saturated heterocycles. The molecule has 1 aromatic heterocycles. The first-order valence-electron chi connectivity index (χ1n) is 7.59. The summed E-state index contributed by atoms with van der Waals surface area (Å²) in [5, 5.41) is 12.0. The van der Waals surface area contributed by atoms with E-state index in [0.29, 0.717) is 11.7 Å². The number of anilines is 1. The molecule has 1 N–H and O–H groups in total. The topological polar surface area (TPSA) is 57.8 Å². The summed E-state index contributed by atoms with van der Waals surface area (Å²) in [7, 11) is 0. The van der Waals surface area contributed by atoms with E-state index in [9.17, 15) is 10.1 Å². The van der Waals surface area contributed by atoms with E-state index in [2.05, 4.69) is 23.7 Å². The SMILES string of the molecule is Cc1ccc(NC(=O)/C(C#N)=C/c2cc(C)n(C(C)C)c2)cc1. The maximum absolute atomic E-state index is 12.2. The van der Waals surface area contributed by atoms with Gasteiger partial charge in [-0.15, -0.1) is 0 Å². The molecule has 0 unspecified atom stereocenters. The van der Waals surface area contributed by atoms with Gasteiger partial charge < -0.3 is 9.88 Å². The molecular weight excluding hydrogens is 286 g/mol. The summed E-state index contributed by atoms with van der Waals surface area (Å²) in [5.74, 6) is -0.397. The van der Waals surface area contributed by atoms with E-state index in [0.717, 1.165) is 16.8 Å². The highest BCUT2D eigenvalue weighted by molar-refractivity contribution is 6.09. The normalized spacial score (nSPS) is 11.4. The number of aromatic nitrogens is 1. The van der Waals surface area contributed by atoms with Crippen LogP contribution in [0, 0.1) is 25.2 Å². The second-order valence-electron chi connectivity index (χ2n) is 5.91. The first-order chi connectivity index (χ1) is 10.9. The van der Waals surface area contributed by atoms with Gasteiger partial charge in [0.25, 0.3) is 5.91 Å². The third-order valence-electron chi connectivity index (χ3n) is 3.61. The summed E-state index contributed by atoms with van der Waals surface area (Å²) in [6, 6.07) is 11.8. The summed E-state index contributed by atoms with van der Waals surface area (Å²) in [4.78, 5) is 12.2. The molecule has 4 nitrogen and oxygen atoms in total. The van der Waals surface area contributed by atoms with Crippen LogP contribution in [0.1, 0.15) is 36.7 Å². The number of hydrogen-bond donors (Lipinski definition) is 1. The number of carbonyl (C=O) groups is 1. The van der Waals surface area contributed by atoms with Crippen molar-refractivity contribution in [3.8, 4) is 6.07 Å². The number of nitrogens with one attached hydrogen (secondary N) is 1. The van der Waals surface area contributed by atoms with Gasteiger partial charge in [-0.1, -0.05) is 17.7 Å². The van der Waals surface area contributed by atoms with Crippen LogP contribution in [0.25, 0.3) is 6.08 Å². The molecule has 0 aliphatic heterocycles. The fourth-order valence-electron chi connectivity index (χ4n) is 2.40. The van der Waals surface area contributed by atoms with Crippen molar-refractivity contribution < 1.29 is 4.79 Å². The Labute approximate surface area is 137 Å². The predicted molar refractivity (Wildman–Crippen MR) is 93.0 cm³/mol. The van der Waals surface area contributed by atoms with Gasteiger partial charge in [0, 0.05) is 23.6 Å². The van der Waals surface area contributed by atoms with Gasteiger partial charge in [0.1, 0.15) is 11.6 Å². The Hall–Kier alpha value is -2.80. The molecule has 0 saturated carbocycles. The predicted octanol–water partition coefficient (Wildman–Crippen LogP) is 4.23. The smallest absolute Gasteiger partial charge is 0.266 e. The molecule has 23 heavy (non-hydrogen) atoms. The molecule has 1 aromatic carbocycles. The molecule has 1 heterocycles. The van der Waals surface area contributed by atoms with Crippen LogP contribution < -0.4 is 5.32 Å². The second-order valence-corrected chi connectivity index (χ2v) is 5.91. The van der Waals surface area contributed by atoms with Gasteiger partial charge in [-0.05, 0) is 57.5 Å². The van der Waals surface area contributed by atoms with Gasteiger partial charge in [0.2, 0.25) is 0 Å². The number of aryl methyl sites for hydroxylation is 2. The maximum atomic E-state index is 12.2. The minimum absolute atomic E-state index is 0.0893. The van der Waals surface area contributed by atoms with E-state index in [1.807, 2.05) is 56.4 Å². The Bertz CT molecular complexity index is 774. The zero-order chi connectivity index (χ0) is 17.0. The lowest BCUT2D eigenvalue weighted by molar-refractivity contribution is -0.112. The number of carbonyl (C=O) groups excluding carboxylic acids is 1. The van der Waals surface area contributed by atoms with Crippen molar-refractivity contribution in [1.29, 1.82) is 5.26 Å². The van der Waals surface area contributed by atoms with E-state index in [1.54, 1.807) is 6.08 Å². The van der Waals surface area contributed by atoms with Crippen molar-refractivity contribution in [2.75, 3.05) is 5.32 Å². The molecule has 0 atom stereocenters. The van der Waals surface area contributed by atoms with Crippen LogP contribution in [0.15, 0.2) is 42.1 Å². The van der Waals surface area contributed by atoms with Crippen LogP contribution in [0.3, 0.4) is 0 Å². The van der Waals surface area contributed by atoms with Crippen molar-refractivity contribution in [3.05, 3.63) is 58.9 Å². The van der Waals surface area contributed by atoms with E-state index >= 15 is 0 Å². The molecule has 0 aliphatic carbocycles. The summed E-state index contributed by atoms with van der Waals surface area (Å²) in [5.41, 5.74) is 3.84. The summed E-state index contributed by atoms with van der Waals surface area (Å²) >= 11 is 0. The van der Waals surface area contributed by atoms with Gasteiger partial charge in [-0.3, -0.25) is 4.79 Å². The molecule has 0 aliphatic rings. The highest BCUT2D eigenvalue weighted by Crippen LogP contribution is 2.17. The molecule has 2 rings (SSSR count). The molecule has 0 radical (unpaired) electrons. The van der Waals surface area contributed by atoms with Crippen molar-refractivity contribution >= 4 is 17.7 Å². The first kappa shape index (κ1) is 16.6. The van der Waals surface area contributed by atoms with E-state index < -0.39 is 5.91 Å². The highest BCUT2D eigenvalue weighted by atomic mass is 16.1. The molecule has 1 amide bonds. The lowest BCUT2D eigenvalue weighted by Crippen LogP contribution is -2.13. The van der Waals surface area contributed by atoms with Crippen LogP contribution in [0.2, 0.25) is 0 Å². The van der Waals surface area contributed by atoms with Crippen LogP contribution in [0.4, 0.5) is 5.69 Å². The van der Waals surface area contributed by atoms with Gasteiger partial charge in [0.15, 0.2) is 0 Å². The second kappa shape index (κ2) is 6.97. The average molecular weight is 307 g/mol. The molecular formula is C19H21N3O. The minimum atomic E-state index is -0.397. The van der Waals surface area contributed by atoms with E-state index in [-0.39, 0.29) is 5.57 Å². The third-order valence-corrected chi connectivity index (χ3v) is 3.61. The largest absolute Gasteiger partial charge is 0.349 e. The molecule has 0 bridgehead atoms. The van der Waals surface area contributed by atoms with Crippen LogP contribution in [0.5, 0.6) is 0 Å². The Morgan fingerprint density at radius 1 is 1.26 bits per heavy atom. The monoisotopic (exact) mass is 307 g/mol. The Morgan fingerprint density at radius 3 is 2.43 bits per heavy atom. The van der Waals surface area contributed by atoms with Crippen molar-refractivity contribution in [2.45, 2.75) is 33.7 Å². The standard InChI is InChI=1S/C19H21N3O/c1-13(2)22-12-16(9-15(22)4)10-17(11-20)19(23)21-18-7-5-14(3)6-8-18/h5-10,12-13H,1-4H3,(H,21,23)/b17-10+. The highest BCUT2D eigenvalue weighted by Gasteiger charge is 2.11. The van der Waals surface area contributed by atoms with E-state index in [4.69, 9.17) is 0 Å². The Kier molecular flexibility index (Phi) is 5.02. The number of nitriles is 1. The number of benzene rings is 1. The first-order valence-corrected chi connectivity index (χ1v) is 7.59. The molecule has 0 fully saturated rings. The van der Waals surface area contributed by atoms with Gasteiger partial charge >= 0.3 is 0 Å². The van der Waals surface area contributed by atoms with Crippen molar-refractivity contribution in [1.82, 2.24) is 4.57 Å². The summed E-state index contributed by atoms with van der Waals surface area (Å²) in [6.45, 7) is 8.18. The van der Waals surface area contributed by atoms with E-state index in [1.165, 1.54) is 0 Å². The number of hydrogen-bond acceptors (Lipinski definition) is 2. The van der Waals surface area contributed by atoms with Crippen LogP contribution >= 0.6 is 0 Å². The number of rotatable bonds is 4. The molecule has 118 valence electrons. The third kappa shape index (κ3) is 4.10. The molecule has 4 heteroatoms. The van der Waals surface area contributed by atoms with Crippen molar-refractivity contribution in [2.24, 2.45) is 0 Å². The lowest BCUT2D eigenvalue weighted by Gasteiger charge is -2.08. The average Bonchev–Trinajstić information content (AvgIpc) is 2.88. The van der Waals surface area contributed by atoms with Crippen LogP contribution in [-0.2, 0) is 4.79 Å². The fourth-order valence-corrected chi connectivity index (χ4v) is 2.40. The Balaban J connectivity index is 2.21. The Morgan fingerprint density at radius 2 is 1.91 bits per heavy atom. The lowest BCUT2D eigenvalue weighted by atomic mass is 10.1. The fraction of sp³-hybridized carbons (Fsp3) is 0.263. The number of amides is 1. The zero-order valence-corrected chi connectivity index (χ0v) is 13.9. The van der Waals surface area contributed by atoms with Gasteiger partial charge in [-0.2, -0.15) is 5.26 Å². The van der Waals surface area contributed by atoms with Crippen LogP contribution in [-0.4, -0.2) is 10.5 Å². The maximum Gasteiger partial charge on any atom is 0.266 e. The van der Waals surface area contributed by atoms with Gasteiger partial charge in [0.05, 0.1) is 0 Å². The molecule has 2 aromatic rings. The number of nitrogens with zero attached hydrogens (tertiary/aromatic N) is 2. The van der Waals surface area contributed by atoms with Gasteiger partial charge in [-0.25, -0.2) is 0 Å². The van der Waals surface area contributed by atoms with Crippen molar-refractivity contribution in [3.63, 3.8) is 0 Å². The summed E-state index contributed by atoms with van der Waals surface area (Å²) in [6.07, 6.45) is 3.58. The quantitative estimate of drug-likeness (QED) is 0.678.